The van der Waals surface area contributed by atoms with E-state index in [1.54, 1.807) is 24.3 Å². The Labute approximate surface area is 131 Å². The lowest BCUT2D eigenvalue weighted by atomic mass is 10.1. The molecule has 0 radical (unpaired) electrons. The van der Waals surface area contributed by atoms with E-state index in [1.807, 2.05) is 0 Å². The summed E-state index contributed by atoms with van der Waals surface area (Å²) in [6.45, 7) is 0.127. The molecule has 0 aliphatic rings. The van der Waals surface area contributed by atoms with Crippen LogP contribution < -0.4 is 4.74 Å². The van der Waals surface area contributed by atoms with Crippen molar-refractivity contribution in [3.05, 3.63) is 53.8 Å². The highest BCUT2D eigenvalue weighted by Crippen LogP contribution is 2.28. The largest absolute Gasteiger partial charge is 0.508 e. The number of fused-ring (bicyclic) bond motifs is 1. The van der Waals surface area contributed by atoms with Crippen LogP contribution in [0.5, 0.6) is 17.2 Å². The van der Waals surface area contributed by atoms with E-state index in [4.69, 9.17) is 9.15 Å². The molecule has 1 heterocycles. The van der Waals surface area contributed by atoms with Crippen LogP contribution in [0.4, 0.5) is 0 Å². The molecule has 3 rings (SSSR count). The van der Waals surface area contributed by atoms with Crippen LogP contribution in [0.25, 0.3) is 11.0 Å². The molecule has 0 aliphatic carbocycles. The summed E-state index contributed by atoms with van der Waals surface area (Å²) in [7, 11) is 1.31. The van der Waals surface area contributed by atoms with Crippen molar-refractivity contribution >= 4 is 16.9 Å². The van der Waals surface area contributed by atoms with Crippen molar-refractivity contribution < 1.29 is 28.9 Å². The fourth-order valence-electron chi connectivity index (χ4n) is 2.20. The Morgan fingerprint density at radius 2 is 2.00 bits per heavy atom. The summed E-state index contributed by atoms with van der Waals surface area (Å²) in [5.74, 6) is -0.00202. The molecule has 0 atom stereocenters. The number of methoxy groups -OCH3 is 1. The predicted molar refractivity (Wildman–Crippen MR) is 81.7 cm³/mol. The molecule has 0 unspecified atom stereocenters. The lowest BCUT2D eigenvalue weighted by molar-refractivity contribution is 0.0602. The van der Waals surface area contributed by atoms with Crippen molar-refractivity contribution in [2.45, 2.75) is 6.61 Å². The van der Waals surface area contributed by atoms with Crippen LogP contribution in [-0.4, -0.2) is 23.3 Å². The standard InChI is InChI=1S/C17H14O6/c1-21-17(20)14-9-23-16-7-12(4-5-13(14)16)22-8-10-2-3-11(18)6-15(10)19/h2-7,9,18-19H,8H2,1H3. The zero-order valence-corrected chi connectivity index (χ0v) is 12.3. The Hall–Kier alpha value is -3.15. The van der Waals surface area contributed by atoms with E-state index in [2.05, 4.69) is 4.74 Å². The lowest BCUT2D eigenvalue weighted by Crippen LogP contribution is -1.99. The van der Waals surface area contributed by atoms with Crippen LogP contribution in [0.1, 0.15) is 15.9 Å². The average Bonchev–Trinajstić information content (AvgIpc) is 2.96. The van der Waals surface area contributed by atoms with Crippen LogP contribution in [0.15, 0.2) is 47.1 Å². The summed E-state index contributed by atoms with van der Waals surface area (Å²) < 4.78 is 15.6. The Morgan fingerprint density at radius 3 is 2.74 bits per heavy atom. The third-order valence-electron chi connectivity index (χ3n) is 3.42. The maximum atomic E-state index is 11.6. The van der Waals surface area contributed by atoms with Crippen LogP contribution in [0, 0.1) is 0 Å². The Kier molecular flexibility index (Phi) is 3.80. The van der Waals surface area contributed by atoms with Crippen LogP contribution in [0.2, 0.25) is 0 Å². The van der Waals surface area contributed by atoms with Crippen molar-refractivity contribution in [1.29, 1.82) is 0 Å². The highest BCUT2D eigenvalue weighted by atomic mass is 16.5. The molecule has 3 aromatic rings. The monoisotopic (exact) mass is 314 g/mol. The highest BCUT2D eigenvalue weighted by molar-refractivity contribution is 6.03. The minimum Gasteiger partial charge on any atom is -0.508 e. The molecule has 0 saturated heterocycles. The number of phenolic OH excluding ortho intramolecular Hbond substituents is 2. The maximum Gasteiger partial charge on any atom is 0.341 e. The van der Waals surface area contributed by atoms with E-state index in [0.717, 1.165) is 0 Å². The van der Waals surface area contributed by atoms with Gasteiger partial charge in [-0.05, 0) is 24.3 Å². The average molecular weight is 314 g/mol. The van der Waals surface area contributed by atoms with Crippen LogP contribution in [-0.2, 0) is 11.3 Å². The first-order chi connectivity index (χ1) is 11.1. The van der Waals surface area contributed by atoms with Gasteiger partial charge < -0.3 is 24.1 Å². The topological polar surface area (TPSA) is 89.1 Å². The molecule has 0 spiro atoms. The number of hydrogen-bond acceptors (Lipinski definition) is 6. The Bertz CT molecular complexity index is 865. The Balaban J connectivity index is 1.80. The first-order valence-corrected chi connectivity index (χ1v) is 6.81. The number of benzene rings is 2. The van der Waals surface area contributed by atoms with Crippen LogP contribution in [0.3, 0.4) is 0 Å². The lowest BCUT2D eigenvalue weighted by Gasteiger charge is -2.08. The number of aromatic hydroxyl groups is 2. The van der Waals surface area contributed by atoms with Gasteiger partial charge >= 0.3 is 5.97 Å². The summed E-state index contributed by atoms with van der Waals surface area (Å²) >= 11 is 0. The fourth-order valence-corrected chi connectivity index (χ4v) is 2.20. The van der Waals surface area contributed by atoms with Gasteiger partial charge in [-0.15, -0.1) is 0 Å². The molecule has 0 bridgehead atoms. The van der Waals surface area contributed by atoms with E-state index in [0.29, 0.717) is 27.8 Å². The summed E-state index contributed by atoms with van der Waals surface area (Å²) in [4.78, 5) is 11.6. The van der Waals surface area contributed by atoms with Crippen molar-refractivity contribution in [3.63, 3.8) is 0 Å². The molecule has 0 saturated carbocycles. The van der Waals surface area contributed by atoms with E-state index >= 15 is 0 Å². The molecule has 0 amide bonds. The first kappa shape index (κ1) is 14.8. The van der Waals surface area contributed by atoms with Crippen LogP contribution >= 0.6 is 0 Å². The number of phenols is 2. The van der Waals surface area contributed by atoms with Crippen molar-refractivity contribution in [3.8, 4) is 17.2 Å². The van der Waals surface area contributed by atoms with Gasteiger partial charge in [-0.1, -0.05) is 0 Å². The number of carbonyl (C=O) groups is 1. The molecule has 2 N–H and O–H groups in total. The van der Waals surface area contributed by atoms with Crippen molar-refractivity contribution in [1.82, 2.24) is 0 Å². The number of esters is 1. The third kappa shape index (κ3) is 2.91. The van der Waals surface area contributed by atoms with Gasteiger partial charge in [0.15, 0.2) is 0 Å². The molecule has 0 aliphatic heterocycles. The normalized spacial score (nSPS) is 10.7. The zero-order valence-electron chi connectivity index (χ0n) is 12.3. The SMILES string of the molecule is COC(=O)c1coc2cc(OCc3ccc(O)cc3O)ccc12. The zero-order chi connectivity index (χ0) is 16.4. The second-order valence-electron chi connectivity index (χ2n) is 4.90. The van der Waals surface area contributed by atoms with E-state index in [1.165, 1.54) is 25.5 Å². The quantitative estimate of drug-likeness (QED) is 0.719. The highest BCUT2D eigenvalue weighted by Gasteiger charge is 2.14. The predicted octanol–water partition coefficient (Wildman–Crippen LogP) is 3.21. The number of carbonyl (C=O) groups excluding carboxylic acids is 1. The van der Waals surface area contributed by atoms with Crippen molar-refractivity contribution in [2.75, 3.05) is 7.11 Å². The van der Waals surface area contributed by atoms with Gasteiger partial charge in [0, 0.05) is 23.1 Å². The minimum atomic E-state index is -0.466. The van der Waals surface area contributed by atoms with E-state index in [-0.39, 0.29) is 18.1 Å². The van der Waals surface area contributed by atoms with Crippen molar-refractivity contribution in [2.24, 2.45) is 0 Å². The van der Waals surface area contributed by atoms with E-state index < -0.39 is 5.97 Å². The molecular weight excluding hydrogens is 300 g/mol. The summed E-state index contributed by atoms with van der Waals surface area (Å²) in [6.07, 6.45) is 1.34. The number of ether oxygens (including phenoxy) is 2. The second kappa shape index (κ2) is 5.92. The van der Waals surface area contributed by atoms with Gasteiger partial charge in [0.2, 0.25) is 0 Å². The fraction of sp³-hybridized carbons (Fsp3) is 0.118. The number of furan rings is 1. The molecule has 2 aromatic carbocycles. The summed E-state index contributed by atoms with van der Waals surface area (Å²) in [5, 5.41) is 19.6. The second-order valence-corrected chi connectivity index (χ2v) is 4.90. The molecule has 6 heteroatoms. The summed E-state index contributed by atoms with van der Waals surface area (Å²) in [6, 6.07) is 9.34. The molecular formula is C17H14O6. The molecule has 6 nitrogen and oxygen atoms in total. The number of rotatable bonds is 4. The molecule has 118 valence electrons. The number of hydrogen-bond donors (Lipinski definition) is 2. The smallest absolute Gasteiger partial charge is 0.341 e. The molecule has 0 fully saturated rings. The molecule has 23 heavy (non-hydrogen) atoms. The Morgan fingerprint density at radius 1 is 1.17 bits per heavy atom. The first-order valence-electron chi connectivity index (χ1n) is 6.81. The van der Waals surface area contributed by atoms with Gasteiger partial charge in [-0.2, -0.15) is 0 Å². The van der Waals surface area contributed by atoms with Gasteiger partial charge in [0.05, 0.1) is 7.11 Å². The van der Waals surface area contributed by atoms with E-state index in [9.17, 15) is 15.0 Å². The third-order valence-corrected chi connectivity index (χ3v) is 3.42. The maximum absolute atomic E-state index is 11.6. The van der Waals surface area contributed by atoms with Gasteiger partial charge in [0.25, 0.3) is 0 Å². The van der Waals surface area contributed by atoms with Gasteiger partial charge in [-0.25, -0.2) is 4.79 Å². The minimum absolute atomic E-state index is 0.0152. The van der Waals surface area contributed by atoms with Gasteiger partial charge in [0.1, 0.15) is 41.3 Å². The molecule has 1 aromatic heterocycles. The van der Waals surface area contributed by atoms with Gasteiger partial charge in [-0.3, -0.25) is 0 Å². The summed E-state index contributed by atoms with van der Waals surface area (Å²) in [5.41, 5.74) is 1.39.